The van der Waals surface area contributed by atoms with Gasteiger partial charge in [-0.1, -0.05) is 26.0 Å². The van der Waals surface area contributed by atoms with Gasteiger partial charge in [0.1, 0.15) is 5.75 Å². The summed E-state index contributed by atoms with van der Waals surface area (Å²) in [4.78, 5) is 23.0. The van der Waals surface area contributed by atoms with Crippen molar-refractivity contribution >= 4 is 11.9 Å². The van der Waals surface area contributed by atoms with E-state index in [0.717, 1.165) is 5.56 Å². The molecule has 1 saturated carbocycles. The minimum Gasteiger partial charge on any atom is -0.508 e. The Balaban J connectivity index is 1.82. The molecule has 0 bridgehead atoms. The lowest BCUT2D eigenvalue weighted by Gasteiger charge is -2.06. The van der Waals surface area contributed by atoms with Crippen LogP contribution >= 0.6 is 0 Å². The average molecular weight is 277 g/mol. The van der Waals surface area contributed by atoms with Crippen LogP contribution in [0.1, 0.15) is 19.4 Å². The first-order valence-electron chi connectivity index (χ1n) is 6.62. The van der Waals surface area contributed by atoms with Crippen LogP contribution in [-0.4, -0.2) is 28.6 Å². The Morgan fingerprint density at radius 2 is 1.80 bits per heavy atom. The van der Waals surface area contributed by atoms with E-state index >= 15 is 0 Å². The van der Waals surface area contributed by atoms with Gasteiger partial charge in [0.15, 0.2) is 0 Å². The summed E-state index contributed by atoms with van der Waals surface area (Å²) in [5.41, 5.74) is 0.544. The van der Waals surface area contributed by atoms with E-state index < -0.39 is 23.2 Å². The number of carbonyl (C=O) groups is 2. The van der Waals surface area contributed by atoms with Crippen molar-refractivity contribution in [1.82, 2.24) is 5.32 Å². The van der Waals surface area contributed by atoms with Gasteiger partial charge in [-0.25, -0.2) is 0 Å². The van der Waals surface area contributed by atoms with Crippen molar-refractivity contribution < 1.29 is 19.8 Å². The van der Waals surface area contributed by atoms with Crippen molar-refractivity contribution in [1.29, 1.82) is 0 Å². The number of aromatic hydroxyl groups is 1. The van der Waals surface area contributed by atoms with Crippen molar-refractivity contribution in [3.05, 3.63) is 29.8 Å². The van der Waals surface area contributed by atoms with Crippen LogP contribution in [0.4, 0.5) is 0 Å². The molecule has 3 N–H and O–H groups in total. The van der Waals surface area contributed by atoms with Gasteiger partial charge in [0.25, 0.3) is 0 Å². The standard InChI is InChI=1S/C15H19NO4/c1-15(2)11(12(15)14(19)20)13(18)16-8-7-9-3-5-10(17)6-4-9/h3-6,11-12,17H,7-8H2,1-2H3,(H,16,18)(H,19,20)/t11-,12-/m0/s1. The molecule has 0 spiro atoms. The second-order valence-electron chi connectivity index (χ2n) is 5.82. The van der Waals surface area contributed by atoms with E-state index in [0.29, 0.717) is 13.0 Å². The SMILES string of the molecule is CC1(C)[C@H](C(=O)O)[C@H]1C(=O)NCCc1ccc(O)cc1. The fourth-order valence-electron chi connectivity index (χ4n) is 2.69. The molecule has 1 amide bonds. The molecular weight excluding hydrogens is 258 g/mol. The van der Waals surface area contributed by atoms with Crippen LogP contribution < -0.4 is 5.32 Å². The normalized spacial score (nSPS) is 23.1. The number of hydrogen-bond donors (Lipinski definition) is 3. The maximum absolute atomic E-state index is 12.0. The number of hydrogen-bond acceptors (Lipinski definition) is 3. The van der Waals surface area contributed by atoms with Crippen LogP contribution in [0.2, 0.25) is 0 Å². The average Bonchev–Trinajstić information content (AvgIpc) is 2.95. The van der Waals surface area contributed by atoms with Crippen LogP contribution in [-0.2, 0) is 16.0 Å². The minimum atomic E-state index is -0.909. The first-order valence-corrected chi connectivity index (χ1v) is 6.62. The van der Waals surface area contributed by atoms with E-state index in [1.165, 1.54) is 0 Å². The number of nitrogens with one attached hydrogen (secondary N) is 1. The van der Waals surface area contributed by atoms with Gasteiger partial charge in [-0.2, -0.15) is 0 Å². The van der Waals surface area contributed by atoms with E-state index in [1.807, 2.05) is 0 Å². The van der Waals surface area contributed by atoms with Crippen LogP contribution in [0.25, 0.3) is 0 Å². The number of phenolic OH excluding ortho intramolecular Hbond substituents is 1. The van der Waals surface area contributed by atoms with Gasteiger partial charge in [-0.05, 0) is 29.5 Å². The van der Waals surface area contributed by atoms with Gasteiger partial charge >= 0.3 is 5.97 Å². The Bertz CT molecular complexity index is 521. The third-order valence-corrected chi connectivity index (χ3v) is 4.03. The molecule has 20 heavy (non-hydrogen) atoms. The molecule has 2 rings (SSSR count). The summed E-state index contributed by atoms with van der Waals surface area (Å²) in [6.45, 7) is 4.06. The van der Waals surface area contributed by atoms with Crippen LogP contribution in [0.3, 0.4) is 0 Å². The highest BCUT2D eigenvalue weighted by atomic mass is 16.4. The molecule has 2 atom stereocenters. The quantitative estimate of drug-likeness (QED) is 0.759. The smallest absolute Gasteiger partial charge is 0.307 e. The first kappa shape index (κ1) is 14.4. The predicted octanol–water partition coefficient (Wildman–Crippen LogP) is 1.41. The van der Waals surface area contributed by atoms with Crippen molar-refractivity contribution in [3.8, 4) is 5.75 Å². The molecular formula is C15H19NO4. The van der Waals surface area contributed by atoms with E-state index in [4.69, 9.17) is 10.2 Å². The summed E-state index contributed by atoms with van der Waals surface area (Å²) >= 11 is 0. The highest BCUT2D eigenvalue weighted by Crippen LogP contribution is 2.58. The molecule has 1 aliphatic carbocycles. The van der Waals surface area contributed by atoms with Crippen LogP contribution in [0, 0.1) is 17.3 Å². The summed E-state index contributed by atoms with van der Waals surface area (Å²) < 4.78 is 0. The number of carboxylic acid groups (broad SMARTS) is 1. The number of rotatable bonds is 5. The number of carboxylic acids is 1. The van der Waals surface area contributed by atoms with Gasteiger partial charge < -0.3 is 15.5 Å². The zero-order valence-corrected chi connectivity index (χ0v) is 11.6. The number of phenols is 1. The van der Waals surface area contributed by atoms with Gasteiger partial charge in [0, 0.05) is 6.54 Å². The lowest BCUT2D eigenvalue weighted by atomic mass is 10.1. The molecule has 0 saturated heterocycles. The second kappa shape index (κ2) is 5.15. The lowest BCUT2D eigenvalue weighted by molar-refractivity contribution is -0.140. The van der Waals surface area contributed by atoms with Gasteiger partial charge in [0.05, 0.1) is 11.8 Å². The molecule has 0 aliphatic heterocycles. The molecule has 5 heteroatoms. The Hall–Kier alpha value is -2.04. The molecule has 1 fully saturated rings. The van der Waals surface area contributed by atoms with E-state index in [1.54, 1.807) is 38.1 Å². The number of carbonyl (C=O) groups excluding carboxylic acids is 1. The number of aliphatic carboxylic acids is 1. The van der Waals surface area contributed by atoms with Crippen molar-refractivity contribution in [2.75, 3.05) is 6.54 Å². The molecule has 0 radical (unpaired) electrons. The molecule has 0 aromatic heterocycles. The third kappa shape index (κ3) is 2.76. The molecule has 108 valence electrons. The first-order chi connectivity index (χ1) is 9.34. The topological polar surface area (TPSA) is 86.6 Å². The molecule has 1 aromatic carbocycles. The molecule has 5 nitrogen and oxygen atoms in total. The number of benzene rings is 1. The zero-order chi connectivity index (χ0) is 14.9. The van der Waals surface area contributed by atoms with Crippen LogP contribution in [0.5, 0.6) is 5.75 Å². The van der Waals surface area contributed by atoms with Crippen molar-refractivity contribution in [2.45, 2.75) is 20.3 Å². The minimum absolute atomic E-state index is 0.193. The van der Waals surface area contributed by atoms with Crippen LogP contribution in [0.15, 0.2) is 24.3 Å². The Morgan fingerprint density at radius 1 is 1.20 bits per heavy atom. The summed E-state index contributed by atoms with van der Waals surface area (Å²) in [6.07, 6.45) is 0.650. The fraction of sp³-hybridized carbons (Fsp3) is 0.467. The van der Waals surface area contributed by atoms with E-state index in [2.05, 4.69) is 5.32 Å². The van der Waals surface area contributed by atoms with E-state index in [-0.39, 0.29) is 11.7 Å². The van der Waals surface area contributed by atoms with Gasteiger partial charge in [-0.15, -0.1) is 0 Å². The van der Waals surface area contributed by atoms with Crippen molar-refractivity contribution in [2.24, 2.45) is 17.3 Å². The summed E-state index contributed by atoms with van der Waals surface area (Å²) in [6, 6.07) is 6.79. The highest BCUT2D eigenvalue weighted by Gasteiger charge is 2.65. The summed E-state index contributed by atoms with van der Waals surface area (Å²) in [5.74, 6) is -1.92. The Morgan fingerprint density at radius 3 is 2.30 bits per heavy atom. The Labute approximate surface area is 117 Å². The lowest BCUT2D eigenvalue weighted by Crippen LogP contribution is -2.29. The third-order valence-electron chi connectivity index (χ3n) is 4.03. The Kier molecular flexibility index (Phi) is 3.70. The van der Waals surface area contributed by atoms with E-state index in [9.17, 15) is 9.59 Å². The monoisotopic (exact) mass is 277 g/mol. The molecule has 1 aliphatic rings. The summed E-state index contributed by atoms with van der Waals surface area (Å²) in [7, 11) is 0. The fourth-order valence-corrected chi connectivity index (χ4v) is 2.69. The highest BCUT2D eigenvalue weighted by molar-refractivity contribution is 5.91. The van der Waals surface area contributed by atoms with Crippen molar-refractivity contribution in [3.63, 3.8) is 0 Å². The maximum Gasteiger partial charge on any atom is 0.307 e. The van der Waals surface area contributed by atoms with Gasteiger partial charge in [0.2, 0.25) is 5.91 Å². The largest absolute Gasteiger partial charge is 0.508 e. The zero-order valence-electron chi connectivity index (χ0n) is 11.6. The second-order valence-corrected chi connectivity index (χ2v) is 5.82. The molecule has 1 aromatic rings. The van der Waals surface area contributed by atoms with Gasteiger partial charge in [-0.3, -0.25) is 9.59 Å². The summed E-state index contributed by atoms with van der Waals surface area (Å²) in [5, 5.41) is 21.0. The number of amides is 1. The maximum atomic E-state index is 12.0. The predicted molar refractivity (Wildman–Crippen MR) is 73.2 cm³/mol. The molecule has 0 heterocycles. The molecule has 0 unspecified atom stereocenters.